The van der Waals surface area contributed by atoms with E-state index in [0.717, 1.165) is 47.2 Å². The molecule has 23 heteroatoms. The summed E-state index contributed by atoms with van der Waals surface area (Å²) in [6.45, 7) is 1.95. The highest BCUT2D eigenvalue weighted by Crippen LogP contribution is 2.47. The van der Waals surface area contributed by atoms with Gasteiger partial charge in [0, 0.05) is 56.1 Å². The fourth-order valence-electron chi connectivity index (χ4n) is 10.8. The van der Waals surface area contributed by atoms with Crippen LogP contribution in [0.2, 0.25) is 5.02 Å². The first kappa shape index (κ1) is 57.2. The van der Waals surface area contributed by atoms with Gasteiger partial charge in [0.15, 0.2) is 11.6 Å². The fourth-order valence-corrected chi connectivity index (χ4v) is 11.0. The van der Waals surface area contributed by atoms with Crippen LogP contribution in [-0.4, -0.2) is 100.0 Å². The molecular weight excluding hydrogens is 1080 g/mol. The van der Waals surface area contributed by atoms with E-state index in [1.165, 1.54) is 24.3 Å². The summed E-state index contributed by atoms with van der Waals surface area (Å²) in [5.74, 6) is -2.22. The molecule has 3 aliphatic heterocycles. The Balaban J connectivity index is 0.991. The summed E-state index contributed by atoms with van der Waals surface area (Å²) in [6, 6.07) is 25.7. The Morgan fingerprint density at radius 1 is 0.765 bits per heavy atom. The average Bonchev–Trinajstić information content (AvgIpc) is 4.44. The van der Waals surface area contributed by atoms with Crippen molar-refractivity contribution in [2.45, 2.75) is 109 Å². The predicted octanol–water partition coefficient (Wildman–Crippen LogP) is 10.6. The van der Waals surface area contributed by atoms with Crippen LogP contribution in [-0.2, 0) is 50.2 Å². The summed E-state index contributed by atoms with van der Waals surface area (Å²) in [5.41, 5.74) is 5.18. The van der Waals surface area contributed by atoms with E-state index in [9.17, 15) is 43.4 Å². The lowest BCUT2D eigenvalue weighted by Crippen LogP contribution is -2.60. The van der Waals surface area contributed by atoms with Gasteiger partial charge in [0.1, 0.15) is 47.4 Å². The molecule has 5 aromatic rings. The largest absolute Gasteiger partial charge is 0.514 e. The molecule has 3 unspecified atom stereocenters. The third kappa shape index (κ3) is 14.3. The van der Waals surface area contributed by atoms with Gasteiger partial charge in [-0.2, -0.15) is 0 Å². The van der Waals surface area contributed by atoms with Crippen LogP contribution < -0.4 is 18.9 Å². The third-order valence-electron chi connectivity index (χ3n) is 14.8. The van der Waals surface area contributed by atoms with Crippen LogP contribution >= 0.6 is 11.6 Å². The van der Waals surface area contributed by atoms with Crippen molar-refractivity contribution in [3.05, 3.63) is 179 Å². The maximum absolute atomic E-state index is 15.8. The number of hydrogen-bond donors (Lipinski definition) is 0. The maximum atomic E-state index is 15.8. The number of halogens is 3. The highest BCUT2D eigenvalue weighted by atomic mass is 35.5. The van der Waals surface area contributed by atoms with Gasteiger partial charge in [0.2, 0.25) is 5.91 Å². The van der Waals surface area contributed by atoms with E-state index in [1.54, 1.807) is 41.2 Å². The van der Waals surface area contributed by atoms with Crippen molar-refractivity contribution in [3.63, 3.8) is 0 Å². The molecule has 3 atom stereocenters. The molecular formula is C58H58ClF2N5O15. The van der Waals surface area contributed by atoms with Crippen LogP contribution in [0.15, 0.2) is 109 Å². The van der Waals surface area contributed by atoms with Crippen LogP contribution in [0.1, 0.15) is 84.7 Å². The SMILES string of the molecule is COc1ccc(CN(C(=O)C2=C(c3ccc(CCCOc4c(F)ccc(F)c4Cl)cc3)CC3CC(C(=O)N4CCC(OC(=O)Oc5cccc(CO[N+](=O)[O-])c5)CC4)CC2N3C(=O)Oc2cccc(CO[N+](=O)[O-])c2)C2CC2)cc1C. The van der Waals surface area contributed by atoms with E-state index >= 15 is 4.79 Å². The molecule has 3 heterocycles. The number of amides is 3. The van der Waals surface area contributed by atoms with E-state index in [0.29, 0.717) is 53.7 Å². The Morgan fingerprint density at radius 2 is 1.41 bits per heavy atom. The summed E-state index contributed by atoms with van der Waals surface area (Å²) in [5, 5.41) is 19.4. The number of aryl methyl sites for hydroxylation is 2. The van der Waals surface area contributed by atoms with Gasteiger partial charge in [0.05, 0.1) is 19.8 Å². The van der Waals surface area contributed by atoms with Gasteiger partial charge in [-0.05, 0) is 133 Å². The number of piperidine rings is 2. The molecule has 3 amide bonds. The molecule has 81 heavy (non-hydrogen) atoms. The zero-order valence-corrected chi connectivity index (χ0v) is 45.1. The topological polar surface area (TPSA) is 229 Å². The first-order chi connectivity index (χ1) is 39.0. The highest BCUT2D eigenvalue weighted by molar-refractivity contribution is 6.32. The Kier molecular flexibility index (Phi) is 18.2. The van der Waals surface area contributed by atoms with Gasteiger partial charge in [-0.25, -0.2) is 18.4 Å². The van der Waals surface area contributed by atoms with Crippen molar-refractivity contribution in [1.82, 2.24) is 14.7 Å². The third-order valence-corrected chi connectivity index (χ3v) is 15.1. The maximum Gasteiger partial charge on any atom is 0.514 e. The fraction of sp³-hybridized carbons (Fsp3) is 0.379. The van der Waals surface area contributed by atoms with Gasteiger partial charge < -0.3 is 43.2 Å². The number of carbonyl (C=O) groups is 4. The summed E-state index contributed by atoms with van der Waals surface area (Å²) in [7, 11) is 1.59. The predicted molar refractivity (Wildman–Crippen MR) is 286 cm³/mol. The van der Waals surface area contributed by atoms with Gasteiger partial charge in [-0.1, -0.05) is 72.3 Å². The number of carbonyl (C=O) groups excluding carboxylic acids is 4. The van der Waals surface area contributed by atoms with Gasteiger partial charge in [-0.3, -0.25) is 14.5 Å². The van der Waals surface area contributed by atoms with Crippen molar-refractivity contribution >= 4 is 41.2 Å². The van der Waals surface area contributed by atoms with Crippen molar-refractivity contribution in [2.24, 2.45) is 5.92 Å². The lowest BCUT2D eigenvalue weighted by atomic mass is 9.73. The average molecular weight is 1140 g/mol. The summed E-state index contributed by atoms with van der Waals surface area (Å²) < 4.78 is 56.6. The van der Waals surface area contributed by atoms with Gasteiger partial charge in [0.25, 0.3) is 16.1 Å². The van der Waals surface area contributed by atoms with Crippen molar-refractivity contribution in [3.8, 4) is 23.0 Å². The van der Waals surface area contributed by atoms with Crippen molar-refractivity contribution in [1.29, 1.82) is 0 Å². The molecule has 3 fully saturated rings. The van der Waals surface area contributed by atoms with Gasteiger partial charge in [-0.15, -0.1) is 20.2 Å². The smallest absolute Gasteiger partial charge is 0.496 e. The molecule has 2 bridgehead atoms. The van der Waals surface area contributed by atoms with Crippen LogP contribution in [0, 0.1) is 44.7 Å². The number of benzene rings is 5. The summed E-state index contributed by atoms with van der Waals surface area (Å²) in [4.78, 5) is 94.2. The van der Waals surface area contributed by atoms with Crippen molar-refractivity contribution < 1.29 is 71.5 Å². The van der Waals surface area contributed by atoms with Gasteiger partial charge >= 0.3 is 12.2 Å². The van der Waals surface area contributed by atoms with E-state index in [4.69, 9.17) is 35.3 Å². The van der Waals surface area contributed by atoms with Crippen molar-refractivity contribution in [2.75, 3.05) is 26.8 Å². The Hall–Kier alpha value is -8.53. The lowest BCUT2D eigenvalue weighted by Gasteiger charge is -2.50. The minimum absolute atomic E-state index is 0.0487. The monoisotopic (exact) mass is 1140 g/mol. The van der Waals surface area contributed by atoms with E-state index in [-0.39, 0.29) is 87.2 Å². The first-order valence-corrected chi connectivity index (χ1v) is 26.8. The molecule has 0 N–H and O–H groups in total. The molecule has 0 aromatic heterocycles. The Labute approximate surface area is 469 Å². The van der Waals surface area contributed by atoms with E-state index < -0.39 is 69.8 Å². The molecule has 2 saturated heterocycles. The number of rotatable bonds is 21. The molecule has 9 rings (SSSR count). The summed E-state index contributed by atoms with van der Waals surface area (Å²) >= 11 is 5.97. The number of hydrogen-bond acceptors (Lipinski definition) is 15. The molecule has 0 spiro atoms. The number of nitrogens with zero attached hydrogens (tertiary/aromatic N) is 5. The van der Waals surface area contributed by atoms with Crippen LogP contribution in [0.25, 0.3) is 5.57 Å². The molecule has 0 radical (unpaired) electrons. The van der Waals surface area contributed by atoms with Crippen LogP contribution in [0.3, 0.4) is 0 Å². The molecule has 4 aliphatic rings. The quantitative estimate of drug-likeness (QED) is 0.0166. The second kappa shape index (κ2) is 25.7. The lowest BCUT2D eigenvalue weighted by molar-refractivity contribution is -0.763. The Bertz CT molecular complexity index is 3210. The normalized spacial score (nSPS) is 17.9. The zero-order valence-electron chi connectivity index (χ0n) is 44.3. The zero-order chi connectivity index (χ0) is 57.3. The standard InChI is InChI=1S/C58H58ClF2N5O15/c1-35-26-37(13-20-51(35)75-2)32-63(42-16-17-42)56(68)52-47(40-14-11-36(12-15-40)8-5-25-76-54-49(61)19-18-48(60)53(54)59)31-43-29-41(30-50(52)64(43)57(69)79-45-9-3-6-38(27-45)33-77-65(71)72)55(67)62-23-21-44(22-24-62)80-58(70)81-46-10-4-7-39(28-46)34-78-66(73)74/h3-4,6-7,9-15,18-20,26-28,41-44,50H,5,8,16-17,21-25,29-34H2,1-2H3. The van der Waals surface area contributed by atoms with Crippen LogP contribution in [0.5, 0.6) is 23.0 Å². The first-order valence-electron chi connectivity index (χ1n) is 26.4. The number of likely N-dealkylation sites (tertiary alicyclic amines) is 1. The second-order valence-electron chi connectivity index (χ2n) is 20.3. The van der Waals surface area contributed by atoms with Crippen LogP contribution in [0.4, 0.5) is 18.4 Å². The summed E-state index contributed by atoms with van der Waals surface area (Å²) in [6.07, 6.45) is 1.07. The number of fused-ring (bicyclic) bond motifs is 2. The number of ether oxygens (including phenoxy) is 5. The highest BCUT2D eigenvalue weighted by Gasteiger charge is 2.51. The molecule has 1 saturated carbocycles. The van der Waals surface area contributed by atoms with E-state index in [2.05, 4.69) is 9.68 Å². The molecule has 20 nitrogen and oxygen atoms in total. The minimum Gasteiger partial charge on any atom is -0.496 e. The van der Waals surface area contributed by atoms with E-state index in [1.807, 2.05) is 54.3 Å². The number of methoxy groups -OCH3 is 1. The molecule has 5 aromatic carbocycles. The minimum atomic E-state index is -0.983. The molecule has 1 aliphatic carbocycles. The second-order valence-corrected chi connectivity index (χ2v) is 20.7. The molecule has 426 valence electrons. The Morgan fingerprint density at radius 3 is 2.04 bits per heavy atom.